The molecule has 1 heterocycles. The molecule has 0 amide bonds. The van der Waals surface area contributed by atoms with Gasteiger partial charge in [-0.2, -0.15) is 13.2 Å². The van der Waals surface area contributed by atoms with Crippen molar-refractivity contribution >= 4 is 11.0 Å². The molecule has 0 spiro atoms. The zero-order chi connectivity index (χ0) is 11.8. The maximum Gasteiger partial charge on any atom is 0.420 e. The number of para-hydroxylation sites is 2. The minimum Gasteiger partial charge on any atom is -0.378 e. The molecule has 0 saturated carbocycles. The van der Waals surface area contributed by atoms with Crippen LogP contribution in [0.3, 0.4) is 0 Å². The third-order valence-electron chi connectivity index (χ3n) is 2.06. The van der Waals surface area contributed by atoms with Crippen molar-refractivity contribution in [2.45, 2.75) is 12.3 Å². The van der Waals surface area contributed by atoms with E-state index in [1.807, 2.05) is 0 Å². The lowest BCUT2D eigenvalue weighted by atomic mass is 10.2. The van der Waals surface area contributed by atoms with Crippen LogP contribution in [0.15, 0.2) is 30.5 Å². The van der Waals surface area contributed by atoms with E-state index in [0.717, 1.165) is 6.20 Å². The van der Waals surface area contributed by atoms with Crippen molar-refractivity contribution in [2.24, 2.45) is 0 Å². The highest BCUT2D eigenvalue weighted by atomic mass is 19.4. The normalized spacial score (nSPS) is 14.0. The second-order valence-corrected chi connectivity index (χ2v) is 3.23. The van der Waals surface area contributed by atoms with Crippen molar-refractivity contribution in [1.29, 1.82) is 0 Å². The Morgan fingerprint density at radius 2 is 1.75 bits per heavy atom. The van der Waals surface area contributed by atoms with Crippen LogP contribution in [0.25, 0.3) is 11.0 Å². The molecular formula is C10H7F3N2O. The molecule has 2 aromatic rings. The van der Waals surface area contributed by atoms with E-state index >= 15 is 0 Å². The summed E-state index contributed by atoms with van der Waals surface area (Å²) in [5, 5.41) is 8.99. The summed E-state index contributed by atoms with van der Waals surface area (Å²) in [5.41, 5.74) is 0.315. The van der Waals surface area contributed by atoms with E-state index in [2.05, 4.69) is 9.97 Å². The molecule has 6 heteroatoms. The number of fused-ring (bicyclic) bond motifs is 1. The van der Waals surface area contributed by atoms with Gasteiger partial charge in [0.2, 0.25) is 0 Å². The maximum absolute atomic E-state index is 12.2. The van der Waals surface area contributed by atoms with E-state index in [4.69, 9.17) is 5.11 Å². The number of halogens is 3. The van der Waals surface area contributed by atoms with Gasteiger partial charge in [-0.05, 0) is 12.1 Å². The van der Waals surface area contributed by atoms with Gasteiger partial charge in [-0.25, -0.2) is 4.98 Å². The average molecular weight is 228 g/mol. The molecule has 1 aromatic heterocycles. The first-order valence-electron chi connectivity index (χ1n) is 4.45. The molecule has 0 bridgehead atoms. The van der Waals surface area contributed by atoms with Crippen molar-refractivity contribution < 1.29 is 18.3 Å². The molecule has 2 rings (SSSR count). The average Bonchev–Trinajstić information content (AvgIpc) is 2.26. The van der Waals surface area contributed by atoms with Gasteiger partial charge in [0.15, 0.2) is 6.10 Å². The Kier molecular flexibility index (Phi) is 2.51. The van der Waals surface area contributed by atoms with Crippen LogP contribution in [-0.2, 0) is 0 Å². The third kappa shape index (κ3) is 1.96. The maximum atomic E-state index is 12.2. The highest BCUT2D eigenvalue weighted by Gasteiger charge is 2.40. The van der Waals surface area contributed by atoms with Gasteiger partial charge < -0.3 is 5.11 Å². The molecule has 0 aliphatic heterocycles. The van der Waals surface area contributed by atoms with E-state index in [9.17, 15) is 13.2 Å². The topological polar surface area (TPSA) is 46.0 Å². The summed E-state index contributed by atoms with van der Waals surface area (Å²) in [5.74, 6) is 0. The van der Waals surface area contributed by atoms with Gasteiger partial charge in [0.25, 0.3) is 0 Å². The van der Waals surface area contributed by atoms with Crippen LogP contribution >= 0.6 is 0 Å². The molecule has 0 aliphatic carbocycles. The summed E-state index contributed by atoms with van der Waals surface area (Å²) in [6.07, 6.45) is -6.39. The van der Waals surface area contributed by atoms with Gasteiger partial charge in [-0.3, -0.25) is 4.98 Å². The van der Waals surface area contributed by atoms with Crippen molar-refractivity contribution in [3.63, 3.8) is 0 Å². The van der Waals surface area contributed by atoms with Gasteiger partial charge in [0, 0.05) is 0 Å². The summed E-state index contributed by atoms with van der Waals surface area (Å²) in [7, 11) is 0. The molecule has 0 aliphatic rings. The summed E-state index contributed by atoms with van der Waals surface area (Å²) in [6.45, 7) is 0. The molecule has 0 fully saturated rings. The Labute approximate surface area is 88.6 Å². The van der Waals surface area contributed by atoms with Crippen molar-refractivity contribution in [2.75, 3.05) is 0 Å². The fraction of sp³-hybridized carbons (Fsp3) is 0.200. The standard InChI is InChI=1S/C10H7F3N2O/c11-10(12,13)9(16)8-5-14-6-3-1-2-4-7(6)15-8/h1-5,9,16H/t9-/m1/s1. The highest BCUT2D eigenvalue weighted by molar-refractivity contribution is 5.73. The van der Waals surface area contributed by atoms with Crippen molar-refractivity contribution in [1.82, 2.24) is 9.97 Å². The molecular weight excluding hydrogens is 221 g/mol. The Morgan fingerprint density at radius 3 is 2.38 bits per heavy atom. The summed E-state index contributed by atoms with van der Waals surface area (Å²) < 4.78 is 36.7. The summed E-state index contributed by atoms with van der Waals surface area (Å²) in [4.78, 5) is 7.50. The number of aliphatic hydroxyl groups excluding tert-OH is 1. The Morgan fingerprint density at radius 1 is 1.12 bits per heavy atom. The number of aromatic nitrogens is 2. The van der Waals surface area contributed by atoms with Crippen molar-refractivity contribution in [3.05, 3.63) is 36.2 Å². The first-order valence-corrected chi connectivity index (χ1v) is 4.45. The monoisotopic (exact) mass is 228 g/mol. The van der Waals surface area contributed by atoms with Crippen LogP contribution in [0.5, 0.6) is 0 Å². The first kappa shape index (κ1) is 10.8. The number of alkyl halides is 3. The predicted molar refractivity (Wildman–Crippen MR) is 50.6 cm³/mol. The first-order chi connectivity index (χ1) is 7.48. The molecule has 1 N–H and O–H groups in total. The van der Waals surface area contributed by atoms with E-state index in [1.165, 1.54) is 6.07 Å². The van der Waals surface area contributed by atoms with Gasteiger partial charge in [0.05, 0.1) is 22.9 Å². The molecule has 0 unspecified atom stereocenters. The SMILES string of the molecule is O[C@H](c1cnc2ccccc2n1)C(F)(F)F. The van der Waals surface area contributed by atoms with Gasteiger partial charge in [-0.1, -0.05) is 12.1 Å². The molecule has 84 valence electrons. The lowest BCUT2D eigenvalue weighted by molar-refractivity contribution is -0.207. The Balaban J connectivity index is 2.47. The lowest BCUT2D eigenvalue weighted by Crippen LogP contribution is -2.21. The van der Waals surface area contributed by atoms with Crippen LogP contribution in [-0.4, -0.2) is 21.3 Å². The number of hydrogen-bond acceptors (Lipinski definition) is 3. The van der Waals surface area contributed by atoms with E-state index < -0.39 is 18.0 Å². The fourth-order valence-electron chi connectivity index (χ4n) is 1.27. The summed E-state index contributed by atoms with van der Waals surface area (Å²) >= 11 is 0. The van der Waals surface area contributed by atoms with Crippen LogP contribution in [0.1, 0.15) is 11.8 Å². The number of benzene rings is 1. The largest absolute Gasteiger partial charge is 0.420 e. The van der Waals surface area contributed by atoms with Crippen molar-refractivity contribution in [3.8, 4) is 0 Å². The lowest BCUT2D eigenvalue weighted by Gasteiger charge is -2.13. The Hall–Kier alpha value is -1.69. The number of nitrogens with zero attached hydrogens (tertiary/aromatic N) is 2. The van der Waals surface area contributed by atoms with E-state index in [1.54, 1.807) is 18.2 Å². The smallest absolute Gasteiger partial charge is 0.378 e. The second kappa shape index (κ2) is 3.71. The zero-order valence-corrected chi connectivity index (χ0v) is 7.94. The number of rotatable bonds is 1. The van der Waals surface area contributed by atoms with E-state index in [-0.39, 0.29) is 0 Å². The van der Waals surface area contributed by atoms with Gasteiger partial charge in [-0.15, -0.1) is 0 Å². The van der Waals surface area contributed by atoms with Crippen LogP contribution in [0, 0.1) is 0 Å². The molecule has 3 nitrogen and oxygen atoms in total. The molecule has 0 saturated heterocycles. The molecule has 1 atom stereocenters. The van der Waals surface area contributed by atoms with Crippen LogP contribution in [0.2, 0.25) is 0 Å². The predicted octanol–water partition coefficient (Wildman–Crippen LogP) is 2.23. The molecule has 0 radical (unpaired) electrons. The third-order valence-corrected chi connectivity index (χ3v) is 2.06. The number of aliphatic hydroxyl groups is 1. The van der Waals surface area contributed by atoms with E-state index in [0.29, 0.717) is 11.0 Å². The van der Waals surface area contributed by atoms with Gasteiger partial charge in [0.1, 0.15) is 0 Å². The van der Waals surface area contributed by atoms with Crippen LogP contribution < -0.4 is 0 Å². The van der Waals surface area contributed by atoms with Crippen LogP contribution in [0.4, 0.5) is 13.2 Å². The zero-order valence-electron chi connectivity index (χ0n) is 7.94. The number of hydrogen-bond donors (Lipinski definition) is 1. The second-order valence-electron chi connectivity index (χ2n) is 3.23. The fourth-order valence-corrected chi connectivity index (χ4v) is 1.27. The molecule has 1 aromatic carbocycles. The summed E-state index contributed by atoms with van der Waals surface area (Å²) in [6, 6.07) is 6.51. The van der Waals surface area contributed by atoms with Gasteiger partial charge >= 0.3 is 6.18 Å². The minimum absolute atomic E-state index is 0.322. The highest BCUT2D eigenvalue weighted by Crippen LogP contribution is 2.31. The minimum atomic E-state index is -4.73. The molecule has 16 heavy (non-hydrogen) atoms. The Bertz CT molecular complexity index is 513. The quantitative estimate of drug-likeness (QED) is 0.814.